The molecule has 5 atom stereocenters. The number of rotatable bonds is 12. The number of carbonyl (C=O) groups is 2. The number of fused-ring (bicyclic) bond motifs is 2. The summed E-state index contributed by atoms with van der Waals surface area (Å²) in [7, 11) is 2.47. The number of nitrogens with one attached hydrogen (secondary N) is 1. The van der Waals surface area contributed by atoms with E-state index >= 15 is 0 Å². The second-order valence-corrected chi connectivity index (χ2v) is 19.0. The summed E-state index contributed by atoms with van der Waals surface area (Å²) in [5.74, 6) is 0.451. The normalized spacial score (nSPS) is 18.6. The fourth-order valence-electron chi connectivity index (χ4n) is 10.1. The zero-order valence-corrected chi connectivity index (χ0v) is 40.5. The van der Waals surface area contributed by atoms with E-state index in [0.29, 0.717) is 11.8 Å². The van der Waals surface area contributed by atoms with Crippen LogP contribution in [-0.2, 0) is 44.3 Å². The van der Waals surface area contributed by atoms with Crippen molar-refractivity contribution in [3.05, 3.63) is 166 Å². The van der Waals surface area contributed by atoms with Crippen molar-refractivity contribution >= 4 is 33.5 Å². The molecule has 5 nitrogen and oxygen atoms in total. The van der Waals surface area contributed by atoms with Gasteiger partial charge in [0.15, 0.2) is 0 Å². The van der Waals surface area contributed by atoms with Crippen molar-refractivity contribution in [2.75, 3.05) is 14.2 Å². The minimum atomic E-state index is -4.46. The molecule has 0 saturated heterocycles. The van der Waals surface area contributed by atoms with Crippen LogP contribution in [0.5, 0.6) is 0 Å². The van der Waals surface area contributed by atoms with Crippen LogP contribution >= 0.6 is 0 Å². The van der Waals surface area contributed by atoms with Crippen molar-refractivity contribution in [2.24, 2.45) is 5.92 Å². The van der Waals surface area contributed by atoms with E-state index in [2.05, 4.69) is 115 Å². The Hall–Kier alpha value is -5.68. The highest BCUT2D eigenvalue weighted by molar-refractivity contribution is 5.86. The molecular weight excluding hydrogens is 889 g/mol. The van der Waals surface area contributed by atoms with Gasteiger partial charge in [-0.25, -0.2) is 0 Å². The first-order chi connectivity index (χ1) is 32.9. The van der Waals surface area contributed by atoms with Gasteiger partial charge in [0.2, 0.25) is 0 Å². The SMILES string of the molecule is CC(C)c1cccc2ccccc12.COC(=O)CCc1ccc(C2CCC(C)C2)cc1C(F)(F)F.COC(=O)CCc1ccc([C@H]2CCC(NC(C)c3cccc4ccccc34)C2)cc1C(F)(F)F. The van der Waals surface area contributed by atoms with Gasteiger partial charge in [-0.1, -0.05) is 136 Å². The van der Waals surface area contributed by atoms with Gasteiger partial charge in [-0.3, -0.25) is 9.59 Å². The minimum Gasteiger partial charge on any atom is -0.469 e. The topological polar surface area (TPSA) is 64.6 Å². The molecule has 2 aliphatic rings. The second-order valence-electron chi connectivity index (χ2n) is 19.0. The monoisotopic (exact) mass is 953 g/mol. The summed E-state index contributed by atoms with van der Waals surface area (Å²) in [5, 5.41) is 8.86. The highest BCUT2D eigenvalue weighted by atomic mass is 19.4. The average Bonchev–Trinajstić information content (AvgIpc) is 4.00. The molecule has 4 unspecified atom stereocenters. The van der Waals surface area contributed by atoms with Gasteiger partial charge in [0.05, 0.1) is 25.3 Å². The molecule has 0 aliphatic heterocycles. The standard InChI is InChI=1S/C28H30F3NO2.C17H21F3O2.C13H14/c1-18(24-9-5-7-19-6-3-4-8-25(19)24)32-23-14-12-21(16-23)22-11-10-20(13-15-27(33)34-2)26(17-22)28(29,30)31;1-11-3-4-13(9-11)14-6-5-12(7-8-16(21)22-2)15(10-14)17(18,19)20;1-10(2)12-9-5-7-11-6-3-4-8-13(11)12/h3-11,17-18,21,23,32H,12-16H2,1-2H3;5-6,10-11,13H,3-4,7-9H2,1-2H3;3-10H,1-2H3/t18?,21-,23?;;/m0../s1. The molecule has 2 saturated carbocycles. The van der Waals surface area contributed by atoms with Crippen LogP contribution in [0.2, 0.25) is 0 Å². The number of carbonyl (C=O) groups excluding carboxylic acids is 2. The van der Waals surface area contributed by atoms with Gasteiger partial charge >= 0.3 is 24.3 Å². The van der Waals surface area contributed by atoms with Crippen molar-refractivity contribution in [2.45, 2.75) is 134 Å². The molecule has 0 amide bonds. The largest absolute Gasteiger partial charge is 0.469 e. The highest BCUT2D eigenvalue weighted by Crippen LogP contribution is 2.42. The van der Waals surface area contributed by atoms with Crippen LogP contribution in [0.15, 0.2) is 121 Å². The Labute approximate surface area is 403 Å². The fourth-order valence-corrected chi connectivity index (χ4v) is 10.1. The van der Waals surface area contributed by atoms with Crippen molar-refractivity contribution < 1.29 is 45.4 Å². The van der Waals surface area contributed by atoms with Crippen LogP contribution in [0.3, 0.4) is 0 Å². The molecule has 0 bridgehead atoms. The summed E-state index contributed by atoms with van der Waals surface area (Å²) >= 11 is 0. The Morgan fingerprint density at radius 1 is 0.580 bits per heavy atom. The zero-order chi connectivity index (χ0) is 49.9. The molecule has 6 aromatic carbocycles. The van der Waals surface area contributed by atoms with Crippen LogP contribution in [0.1, 0.15) is 147 Å². The minimum absolute atomic E-state index is 0.0131. The van der Waals surface area contributed by atoms with Crippen molar-refractivity contribution in [1.82, 2.24) is 5.32 Å². The quantitative estimate of drug-likeness (QED) is 0.0978. The van der Waals surface area contributed by atoms with Crippen LogP contribution in [0.4, 0.5) is 26.3 Å². The Morgan fingerprint density at radius 3 is 1.49 bits per heavy atom. The number of aryl methyl sites for hydroxylation is 2. The number of ether oxygens (including phenoxy) is 2. The van der Waals surface area contributed by atoms with Crippen molar-refractivity contribution in [3.63, 3.8) is 0 Å². The number of esters is 2. The first kappa shape index (κ1) is 52.7. The lowest BCUT2D eigenvalue weighted by molar-refractivity contribution is -0.142. The number of methoxy groups -OCH3 is 2. The maximum Gasteiger partial charge on any atom is 0.416 e. The lowest BCUT2D eigenvalue weighted by Crippen LogP contribution is -2.29. The number of halogens is 6. The molecule has 1 N–H and O–H groups in total. The first-order valence-electron chi connectivity index (χ1n) is 24.1. The van der Waals surface area contributed by atoms with E-state index in [4.69, 9.17) is 0 Å². The Morgan fingerprint density at radius 2 is 1.03 bits per heavy atom. The van der Waals surface area contributed by atoms with E-state index in [1.54, 1.807) is 12.1 Å². The van der Waals surface area contributed by atoms with E-state index in [9.17, 15) is 35.9 Å². The predicted molar refractivity (Wildman–Crippen MR) is 263 cm³/mol. The average molecular weight is 954 g/mol. The number of hydrogen-bond donors (Lipinski definition) is 1. The summed E-state index contributed by atoms with van der Waals surface area (Å²) < 4.78 is 90.2. The van der Waals surface area contributed by atoms with Crippen LogP contribution in [0.25, 0.3) is 21.5 Å². The first-order valence-corrected chi connectivity index (χ1v) is 24.1. The maximum atomic E-state index is 13.8. The summed E-state index contributed by atoms with van der Waals surface area (Å²) in [4.78, 5) is 22.6. The molecule has 0 aromatic heterocycles. The number of alkyl halides is 6. The molecule has 2 fully saturated rings. The van der Waals surface area contributed by atoms with Crippen molar-refractivity contribution in [3.8, 4) is 0 Å². The molecule has 0 heterocycles. The Bertz CT molecular complexity index is 2650. The van der Waals surface area contributed by atoms with Gasteiger partial charge in [0.25, 0.3) is 0 Å². The molecule has 6 aromatic rings. The molecule has 2 aliphatic carbocycles. The van der Waals surface area contributed by atoms with Crippen molar-refractivity contribution in [1.29, 1.82) is 0 Å². The highest BCUT2D eigenvalue weighted by Gasteiger charge is 2.36. The third kappa shape index (κ3) is 14.2. The smallest absolute Gasteiger partial charge is 0.416 e. The third-order valence-corrected chi connectivity index (χ3v) is 13.8. The summed E-state index contributed by atoms with van der Waals surface area (Å²) in [5.41, 5.74) is 3.19. The van der Waals surface area contributed by atoms with E-state index < -0.39 is 35.4 Å². The molecule has 8 rings (SSSR count). The molecule has 11 heteroatoms. The van der Waals surface area contributed by atoms with Crippen LogP contribution < -0.4 is 5.32 Å². The Kier molecular flexibility index (Phi) is 18.1. The van der Waals surface area contributed by atoms with E-state index in [1.807, 2.05) is 12.1 Å². The fraction of sp³-hybridized carbons (Fsp3) is 0.414. The second kappa shape index (κ2) is 23.8. The van der Waals surface area contributed by atoms with Crippen LogP contribution in [0, 0.1) is 5.92 Å². The summed E-state index contributed by atoms with van der Waals surface area (Å²) in [6, 6.07) is 39.2. The van der Waals surface area contributed by atoms with Gasteiger partial charge in [-0.15, -0.1) is 0 Å². The molecule has 0 spiro atoms. The third-order valence-electron chi connectivity index (χ3n) is 13.8. The zero-order valence-electron chi connectivity index (χ0n) is 40.5. The van der Waals surface area contributed by atoms with Gasteiger partial charge in [-0.05, 0) is 143 Å². The maximum absolute atomic E-state index is 13.8. The lowest BCUT2D eigenvalue weighted by Gasteiger charge is -2.22. The van der Waals surface area contributed by atoms with E-state index in [-0.39, 0.29) is 60.7 Å². The van der Waals surface area contributed by atoms with E-state index in [0.717, 1.165) is 49.7 Å². The van der Waals surface area contributed by atoms with Gasteiger partial charge in [-0.2, -0.15) is 26.3 Å². The summed E-state index contributed by atoms with van der Waals surface area (Å²) in [6.45, 7) is 8.76. The van der Waals surface area contributed by atoms with Gasteiger partial charge in [0, 0.05) is 24.9 Å². The molecule has 0 radical (unpaired) electrons. The van der Waals surface area contributed by atoms with Gasteiger partial charge < -0.3 is 14.8 Å². The predicted octanol–water partition coefficient (Wildman–Crippen LogP) is 15.6. The molecule has 368 valence electrons. The number of benzene rings is 6. The number of hydrogen-bond acceptors (Lipinski definition) is 5. The lowest BCUT2D eigenvalue weighted by atomic mass is 9.91. The van der Waals surface area contributed by atoms with E-state index in [1.165, 1.54) is 71.2 Å². The Balaban J connectivity index is 0.000000190. The summed E-state index contributed by atoms with van der Waals surface area (Å²) in [6.07, 6.45) is -3.39. The molecule has 69 heavy (non-hydrogen) atoms. The van der Waals surface area contributed by atoms with Crippen LogP contribution in [-0.4, -0.2) is 32.2 Å². The molecular formula is C58H65F6NO4. The van der Waals surface area contributed by atoms with Gasteiger partial charge in [0.1, 0.15) is 0 Å².